The number of rotatable bonds is 5. The van der Waals surface area contributed by atoms with Crippen LogP contribution in [0.4, 0.5) is 0 Å². The molecule has 0 fully saturated rings. The summed E-state index contributed by atoms with van der Waals surface area (Å²) < 4.78 is 6.49. The summed E-state index contributed by atoms with van der Waals surface area (Å²) in [4.78, 5) is 29.4. The molecule has 0 atom stereocenters. The van der Waals surface area contributed by atoms with E-state index in [-0.39, 0.29) is 18.1 Å². The lowest BCUT2D eigenvalue weighted by Gasteiger charge is -2.14. The number of para-hydroxylation sites is 1. The number of nitrogens with zero attached hydrogens (tertiary/aromatic N) is 2. The predicted molar refractivity (Wildman–Crippen MR) is 110 cm³/mol. The molecular formula is C21H20ClN3O4. The van der Waals surface area contributed by atoms with Crippen LogP contribution >= 0.6 is 11.6 Å². The summed E-state index contributed by atoms with van der Waals surface area (Å²) in [5.41, 5.74) is 1.14. The van der Waals surface area contributed by atoms with E-state index in [1.807, 2.05) is 19.1 Å². The van der Waals surface area contributed by atoms with Gasteiger partial charge in [-0.25, -0.2) is 4.98 Å². The van der Waals surface area contributed by atoms with Gasteiger partial charge in [0, 0.05) is 18.6 Å². The molecule has 0 unspecified atom stereocenters. The van der Waals surface area contributed by atoms with Gasteiger partial charge in [0.15, 0.2) is 5.69 Å². The zero-order valence-electron chi connectivity index (χ0n) is 16.2. The zero-order valence-corrected chi connectivity index (χ0v) is 16.9. The first-order chi connectivity index (χ1) is 13.8. The quantitative estimate of drug-likeness (QED) is 0.670. The molecule has 3 aromatic rings. The van der Waals surface area contributed by atoms with Gasteiger partial charge in [0.1, 0.15) is 11.6 Å². The van der Waals surface area contributed by atoms with E-state index in [9.17, 15) is 14.7 Å². The Bertz CT molecular complexity index is 1140. The van der Waals surface area contributed by atoms with Crippen LogP contribution in [0.3, 0.4) is 0 Å². The van der Waals surface area contributed by atoms with Gasteiger partial charge in [-0.2, -0.15) is 0 Å². The number of aromatic hydroxyl groups is 1. The first-order valence-electron chi connectivity index (χ1n) is 8.80. The lowest BCUT2D eigenvalue weighted by Crippen LogP contribution is -2.29. The number of carbonyl (C=O) groups excluding carboxylic acids is 1. The third kappa shape index (κ3) is 4.09. The molecule has 0 aliphatic heterocycles. The molecule has 0 saturated carbocycles. The van der Waals surface area contributed by atoms with Gasteiger partial charge in [0.05, 0.1) is 12.7 Å². The summed E-state index contributed by atoms with van der Waals surface area (Å²) in [5, 5.41) is 13.5. The zero-order chi connectivity index (χ0) is 21.1. The molecule has 0 aliphatic carbocycles. The maximum Gasteiger partial charge on any atom is 0.296 e. The number of hydrogen-bond acceptors (Lipinski definition) is 5. The van der Waals surface area contributed by atoms with Crippen molar-refractivity contribution >= 4 is 17.5 Å². The molecule has 2 N–H and O–H groups in total. The minimum atomic E-state index is -0.732. The lowest BCUT2D eigenvalue weighted by molar-refractivity contribution is 0.0942. The van der Waals surface area contributed by atoms with Crippen molar-refractivity contribution in [2.75, 3.05) is 7.11 Å². The van der Waals surface area contributed by atoms with E-state index < -0.39 is 17.2 Å². The molecule has 0 saturated heterocycles. The number of hydrogen-bond donors (Lipinski definition) is 2. The van der Waals surface area contributed by atoms with Gasteiger partial charge in [0.25, 0.3) is 11.5 Å². The molecule has 0 spiro atoms. The monoisotopic (exact) mass is 413 g/mol. The summed E-state index contributed by atoms with van der Waals surface area (Å²) in [6, 6.07) is 12.4. The van der Waals surface area contributed by atoms with Crippen LogP contribution in [0.2, 0.25) is 5.02 Å². The van der Waals surface area contributed by atoms with Crippen molar-refractivity contribution in [3.63, 3.8) is 0 Å². The Morgan fingerprint density at radius 2 is 2.00 bits per heavy atom. The Kier molecular flexibility index (Phi) is 5.89. The van der Waals surface area contributed by atoms with E-state index in [1.165, 1.54) is 18.7 Å². The number of halogens is 1. The van der Waals surface area contributed by atoms with Crippen LogP contribution in [0.5, 0.6) is 11.5 Å². The van der Waals surface area contributed by atoms with E-state index in [1.54, 1.807) is 30.3 Å². The fourth-order valence-electron chi connectivity index (χ4n) is 2.83. The van der Waals surface area contributed by atoms with E-state index >= 15 is 0 Å². The minimum Gasteiger partial charge on any atom is -0.501 e. The highest BCUT2D eigenvalue weighted by Crippen LogP contribution is 2.28. The molecule has 0 aliphatic rings. The van der Waals surface area contributed by atoms with Gasteiger partial charge >= 0.3 is 0 Å². The van der Waals surface area contributed by atoms with Crippen molar-refractivity contribution in [1.29, 1.82) is 0 Å². The van der Waals surface area contributed by atoms with E-state index in [2.05, 4.69) is 10.3 Å². The SMILES string of the molecule is COc1ccccc1-c1nc(C(=O)NCc2ccc(C)c(Cl)c2)c(O)c(=O)n1C. The van der Waals surface area contributed by atoms with Gasteiger partial charge in [0.2, 0.25) is 5.75 Å². The van der Waals surface area contributed by atoms with Crippen LogP contribution in [0.25, 0.3) is 11.4 Å². The second-order valence-electron chi connectivity index (χ2n) is 6.46. The van der Waals surface area contributed by atoms with Gasteiger partial charge in [-0.3, -0.25) is 14.2 Å². The molecular weight excluding hydrogens is 394 g/mol. The average molecular weight is 414 g/mol. The Labute approximate surface area is 172 Å². The second kappa shape index (κ2) is 8.36. The first kappa shape index (κ1) is 20.4. The number of nitrogens with one attached hydrogen (secondary N) is 1. The Morgan fingerprint density at radius 1 is 1.28 bits per heavy atom. The minimum absolute atomic E-state index is 0.166. The van der Waals surface area contributed by atoms with Gasteiger partial charge in [-0.05, 0) is 36.2 Å². The lowest BCUT2D eigenvalue weighted by atomic mass is 10.1. The number of ether oxygens (including phenoxy) is 1. The predicted octanol–water partition coefficient (Wildman–Crippen LogP) is 3.05. The maximum atomic E-state index is 12.6. The number of benzene rings is 2. The van der Waals surface area contributed by atoms with Gasteiger partial charge in [-0.1, -0.05) is 35.9 Å². The molecule has 0 radical (unpaired) electrons. The molecule has 0 bridgehead atoms. The third-order valence-electron chi connectivity index (χ3n) is 4.52. The average Bonchev–Trinajstić information content (AvgIpc) is 2.73. The van der Waals surface area contributed by atoms with Crippen molar-refractivity contribution in [2.45, 2.75) is 13.5 Å². The molecule has 1 heterocycles. The molecule has 29 heavy (non-hydrogen) atoms. The highest BCUT2D eigenvalue weighted by atomic mass is 35.5. The topological polar surface area (TPSA) is 93.5 Å². The Balaban J connectivity index is 1.96. The number of carbonyl (C=O) groups is 1. The van der Waals surface area contributed by atoms with Gasteiger partial charge in [-0.15, -0.1) is 0 Å². The van der Waals surface area contributed by atoms with E-state index in [4.69, 9.17) is 16.3 Å². The smallest absolute Gasteiger partial charge is 0.296 e. The van der Waals surface area contributed by atoms with Crippen LogP contribution < -0.4 is 15.6 Å². The fourth-order valence-corrected chi connectivity index (χ4v) is 3.03. The van der Waals surface area contributed by atoms with Crippen LogP contribution in [0, 0.1) is 6.92 Å². The van der Waals surface area contributed by atoms with Crippen LogP contribution in [0.1, 0.15) is 21.6 Å². The largest absolute Gasteiger partial charge is 0.501 e. The number of amides is 1. The van der Waals surface area contributed by atoms with E-state index in [0.29, 0.717) is 16.3 Å². The van der Waals surface area contributed by atoms with E-state index in [0.717, 1.165) is 11.1 Å². The normalized spacial score (nSPS) is 10.6. The third-order valence-corrected chi connectivity index (χ3v) is 4.93. The molecule has 150 valence electrons. The summed E-state index contributed by atoms with van der Waals surface area (Å²) in [6.45, 7) is 2.05. The molecule has 8 heteroatoms. The number of aromatic nitrogens is 2. The molecule has 7 nitrogen and oxygen atoms in total. The van der Waals surface area contributed by atoms with Crippen LogP contribution in [-0.4, -0.2) is 27.7 Å². The second-order valence-corrected chi connectivity index (χ2v) is 6.87. The molecule has 1 amide bonds. The summed E-state index contributed by atoms with van der Waals surface area (Å²) in [7, 11) is 2.96. The highest BCUT2D eigenvalue weighted by molar-refractivity contribution is 6.31. The Morgan fingerprint density at radius 3 is 2.69 bits per heavy atom. The number of aryl methyl sites for hydroxylation is 1. The summed E-state index contributed by atoms with van der Waals surface area (Å²) in [5.74, 6) is -0.700. The molecule has 1 aromatic heterocycles. The van der Waals surface area contributed by atoms with Gasteiger partial charge < -0.3 is 15.2 Å². The molecule has 3 rings (SSSR count). The van der Waals surface area contributed by atoms with Crippen LogP contribution in [0.15, 0.2) is 47.3 Å². The van der Waals surface area contributed by atoms with Crippen molar-refractivity contribution < 1.29 is 14.6 Å². The fraction of sp³-hybridized carbons (Fsp3) is 0.190. The number of methoxy groups -OCH3 is 1. The van der Waals surface area contributed by atoms with Crippen molar-refractivity contribution in [3.8, 4) is 22.9 Å². The van der Waals surface area contributed by atoms with Crippen molar-refractivity contribution in [3.05, 3.63) is 74.7 Å². The maximum absolute atomic E-state index is 12.6. The van der Waals surface area contributed by atoms with Crippen LogP contribution in [-0.2, 0) is 13.6 Å². The molecule has 2 aromatic carbocycles. The van der Waals surface area contributed by atoms with Crippen molar-refractivity contribution in [1.82, 2.24) is 14.9 Å². The first-order valence-corrected chi connectivity index (χ1v) is 9.18. The van der Waals surface area contributed by atoms with Crippen molar-refractivity contribution in [2.24, 2.45) is 7.05 Å². The highest BCUT2D eigenvalue weighted by Gasteiger charge is 2.22. The standard InChI is InChI=1S/C21H20ClN3O4/c1-12-8-9-13(10-15(12)22)11-23-20(27)17-18(26)21(28)25(2)19(24-17)14-6-4-5-7-16(14)29-3/h4-10,26H,11H2,1-3H3,(H,23,27). The summed E-state index contributed by atoms with van der Waals surface area (Å²) >= 11 is 6.11. The Hall–Kier alpha value is -3.32. The summed E-state index contributed by atoms with van der Waals surface area (Å²) in [6.07, 6.45) is 0.